The lowest BCUT2D eigenvalue weighted by molar-refractivity contribution is -0.384. The molecule has 1 saturated heterocycles. The van der Waals surface area contributed by atoms with Crippen molar-refractivity contribution in [3.63, 3.8) is 0 Å². The average molecular weight is 280 g/mol. The molecule has 1 fully saturated rings. The molecule has 2 atom stereocenters. The van der Waals surface area contributed by atoms with E-state index in [1.54, 1.807) is 6.07 Å². The van der Waals surface area contributed by atoms with Gasteiger partial charge in [0.1, 0.15) is 0 Å². The van der Waals surface area contributed by atoms with Crippen LogP contribution in [0.3, 0.4) is 0 Å². The number of aliphatic hydroxyl groups excluding tert-OH is 1. The molecule has 110 valence electrons. The van der Waals surface area contributed by atoms with Crippen molar-refractivity contribution in [2.24, 2.45) is 0 Å². The van der Waals surface area contributed by atoms with Crippen LogP contribution >= 0.6 is 0 Å². The van der Waals surface area contributed by atoms with Crippen molar-refractivity contribution in [1.82, 2.24) is 0 Å². The van der Waals surface area contributed by atoms with E-state index in [0.29, 0.717) is 12.2 Å². The molecule has 0 saturated carbocycles. The second kappa shape index (κ2) is 6.19. The summed E-state index contributed by atoms with van der Waals surface area (Å²) in [7, 11) is 0. The Balaban J connectivity index is 2.36. The predicted octanol–water partition coefficient (Wildman–Crippen LogP) is 2.09. The van der Waals surface area contributed by atoms with Crippen molar-refractivity contribution in [2.45, 2.75) is 39.0 Å². The zero-order valence-electron chi connectivity index (χ0n) is 11.8. The predicted molar refractivity (Wildman–Crippen MR) is 75.9 cm³/mol. The average Bonchev–Trinajstić information content (AvgIpc) is 2.46. The second-order valence-electron chi connectivity index (χ2n) is 5.09. The lowest BCUT2D eigenvalue weighted by Crippen LogP contribution is -2.49. The van der Waals surface area contributed by atoms with Crippen LogP contribution in [0.25, 0.3) is 0 Å². The van der Waals surface area contributed by atoms with Crippen molar-refractivity contribution in [3.8, 4) is 0 Å². The van der Waals surface area contributed by atoms with Crippen LogP contribution in [-0.4, -0.2) is 35.3 Å². The highest BCUT2D eigenvalue weighted by Gasteiger charge is 2.27. The summed E-state index contributed by atoms with van der Waals surface area (Å²) >= 11 is 0. The van der Waals surface area contributed by atoms with E-state index in [9.17, 15) is 15.2 Å². The summed E-state index contributed by atoms with van der Waals surface area (Å²) in [5.74, 6) is 0. The Bertz CT molecular complexity index is 492. The smallest absolute Gasteiger partial charge is 0.269 e. The number of aliphatic hydroxyl groups is 1. The molecule has 0 aromatic heterocycles. The van der Waals surface area contributed by atoms with E-state index in [1.165, 1.54) is 12.1 Å². The zero-order valence-corrected chi connectivity index (χ0v) is 11.8. The number of nitro benzene ring substituents is 1. The Morgan fingerprint density at radius 1 is 1.55 bits per heavy atom. The number of hydrogen-bond donors (Lipinski definition) is 1. The van der Waals surface area contributed by atoms with E-state index in [4.69, 9.17) is 4.74 Å². The molecule has 0 aliphatic carbocycles. The second-order valence-corrected chi connectivity index (χ2v) is 5.09. The van der Waals surface area contributed by atoms with Crippen molar-refractivity contribution in [2.75, 3.05) is 18.1 Å². The third-order valence-corrected chi connectivity index (χ3v) is 3.69. The first-order valence-corrected chi connectivity index (χ1v) is 6.83. The summed E-state index contributed by atoms with van der Waals surface area (Å²) in [4.78, 5) is 12.6. The van der Waals surface area contributed by atoms with Crippen LogP contribution in [0.1, 0.15) is 25.8 Å². The molecule has 1 heterocycles. The fourth-order valence-corrected chi connectivity index (χ4v) is 2.57. The maximum Gasteiger partial charge on any atom is 0.269 e. The van der Waals surface area contributed by atoms with Gasteiger partial charge in [0.25, 0.3) is 5.69 Å². The first-order valence-electron chi connectivity index (χ1n) is 6.83. The standard InChI is InChI=1S/C14H20N2O4/c1-3-12-9-20-10(2)7-15(12)14-5-4-13(16(18)19)6-11(14)8-17/h4-6,10,12,17H,3,7-9H2,1-2H3. The molecule has 0 amide bonds. The highest BCUT2D eigenvalue weighted by Crippen LogP contribution is 2.30. The first kappa shape index (κ1) is 14.7. The van der Waals surface area contributed by atoms with Gasteiger partial charge < -0.3 is 14.7 Å². The molecule has 6 nitrogen and oxygen atoms in total. The SMILES string of the molecule is CCC1COC(C)CN1c1ccc([N+](=O)[O-])cc1CO. The van der Waals surface area contributed by atoms with E-state index < -0.39 is 4.92 Å². The Morgan fingerprint density at radius 3 is 2.90 bits per heavy atom. The van der Waals surface area contributed by atoms with Crippen molar-refractivity contribution in [3.05, 3.63) is 33.9 Å². The number of rotatable bonds is 4. The van der Waals surface area contributed by atoms with Gasteiger partial charge in [0.15, 0.2) is 0 Å². The van der Waals surface area contributed by atoms with Gasteiger partial charge in [-0.1, -0.05) is 6.92 Å². The number of nitro groups is 1. The Morgan fingerprint density at radius 2 is 2.30 bits per heavy atom. The molecule has 1 aliphatic heterocycles. The molecule has 1 aliphatic rings. The van der Waals surface area contributed by atoms with E-state index in [0.717, 1.165) is 18.7 Å². The van der Waals surface area contributed by atoms with Gasteiger partial charge in [0, 0.05) is 29.9 Å². The lowest BCUT2D eigenvalue weighted by atomic mass is 10.1. The number of ether oxygens (including phenoxy) is 1. The van der Waals surface area contributed by atoms with Crippen LogP contribution in [0, 0.1) is 10.1 Å². The van der Waals surface area contributed by atoms with Gasteiger partial charge in [0.05, 0.1) is 30.3 Å². The van der Waals surface area contributed by atoms with Crippen molar-refractivity contribution >= 4 is 11.4 Å². The fraction of sp³-hybridized carbons (Fsp3) is 0.571. The maximum atomic E-state index is 10.8. The quantitative estimate of drug-likeness (QED) is 0.675. The molecule has 0 radical (unpaired) electrons. The number of benzene rings is 1. The lowest BCUT2D eigenvalue weighted by Gasteiger charge is -2.40. The van der Waals surface area contributed by atoms with Gasteiger partial charge in [0.2, 0.25) is 0 Å². The van der Waals surface area contributed by atoms with E-state index in [2.05, 4.69) is 11.8 Å². The minimum atomic E-state index is -0.442. The van der Waals surface area contributed by atoms with Gasteiger partial charge in [-0.15, -0.1) is 0 Å². The van der Waals surface area contributed by atoms with E-state index >= 15 is 0 Å². The van der Waals surface area contributed by atoms with E-state index in [-0.39, 0.29) is 24.4 Å². The highest BCUT2D eigenvalue weighted by molar-refractivity contribution is 5.58. The summed E-state index contributed by atoms with van der Waals surface area (Å²) < 4.78 is 5.66. The van der Waals surface area contributed by atoms with Gasteiger partial charge in [-0.3, -0.25) is 10.1 Å². The topological polar surface area (TPSA) is 75.8 Å². The monoisotopic (exact) mass is 280 g/mol. The molecule has 1 N–H and O–H groups in total. The van der Waals surface area contributed by atoms with Crippen LogP contribution in [0.15, 0.2) is 18.2 Å². The molecule has 6 heteroatoms. The van der Waals surface area contributed by atoms with E-state index in [1.807, 2.05) is 6.92 Å². The number of non-ortho nitro benzene ring substituents is 1. The summed E-state index contributed by atoms with van der Waals surface area (Å²) in [5, 5.41) is 20.3. The van der Waals surface area contributed by atoms with Gasteiger partial charge >= 0.3 is 0 Å². The van der Waals surface area contributed by atoms with Crippen molar-refractivity contribution in [1.29, 1.82) is 0 Å². The van der Waals surface area contributed by atoms with Crippen LogP contribution in [0.4, 0.5) is 11.4 Å². The highest BCUT2D eigenvalue weighted by atomic mass is 16.6. The number of hydrogen-bond acceptors (Lipinski definition) is 5. The normalized spacial score (nSPS) is 22.9. The largest absolute Gasteiger partial charge is 0.392 e. The summed E-state index contributed by atoms with van der Waals surface area (Å²) in [6.45, 7) is 5.24. The molecule has 0 spiro atoms. The van der Waals surface area contributed by atoms with Crippen LogP contribution in [-0.2, 0) is 11.3 Å². The number of nitrogens with zero attached hydrogens (tertiary/aromatic N) is 2. The molecule has 0 bridgehead atoms. The molecule has 2 unspecified atom stereocenters. The molecule has 1 aromatic rings. The third kappa shape index (κ3) is 2.91. The zero-order chi connectivity index (χ0) is 14.7. The first-order chi connectivity index (χ1) is 9.56. The van der Waals surface area contributed by atoms with Crippen LogP contribution in [0.2, 0.25) is 0 Å². The maximum absolute atomic E-state index is 10.8. The molecule has 1 aromatic carbocycles. The molecule has 2 rings (SSSR count). The van der Waals surface area contributed by atoms with Gasteiger partial charge in [-0.05, 0) is 19.4 Å². The fourth-order valence-electron chi connectivity index (χ4n) is 2.57. The number of anilines is 1. The summed E-state index contributed by atoms with van der Waals surface area (Å²) in [5.41, 5.74) is 1.46. The minimum absolute atomic E-state index is 0.00663. The van der Waals surface area contributed by atoms with Crippen LogP contribution in [0.5, 0.6) is 0 Å². The Labute approximate surface area is 118 Å². The minimum Gasteiger partial charge on any atom is -0.392 e. The number of morpholine rings is 1. The van der Waals surface area contributed by atoms with Gasteiger partial charge in [-0.25, -0.2) is 0 Å². The third-order valence-electron chi connectivity index (χ3n) is 3.69. The molecule has 20 heavy (non-hydrogen) atoms. The Hall–Kier alpha value is -1.66. The molecular formula is C14H20N2O4. The van der Waals surface area contributed by atoms with Crippen LogP contribution < -0.4 is 4.90 Å². The summed E-state index contributed by atoms with van der Waals surface area (Å²) in [6.07, 6.45) is 1.04. The van der Waals surface area contributed by atoms with Crippen molar-refractivity contribution < 1.29 is 14.8 Å². The summed E-state index contributed by atoms with van der Waals surface area (Å²) in [6, 6.07) is 4.89. The molecular weight excluding hydrogens is 260 g/mol. The Kier molecular flexibility index (Phi) is 4.57. The van der Waals surface area contributed by atoms with Gasteiger partial charge in [-0.2, -0.15) is 0 Å².